The number of amides is 13. The Balaban J connectivity index is 1.69. The predicted molar refractivity (Wildman–Crippen MR) is 359 cm³/mol. The number of likely N-dealkylation sites (tertiary alicyclic amines) is 1. The van der Waals surface area contributed by atoms with E-state index in [1.54, 1.807) is 39.8 Å². The number of guanidine groups is 1. The number of hydrogen-bond donors (Lipinski definition) is 22. The van der Waals surface area contributed by atoms with E-state index >= 15 is 0 Å². The number of phenols is 1. The van der Waals surface area contributed by atoms with Gasteiger partial charge in [0.1, 0.15) is 66.2 Å². The van der Waals surface area contributed by atoms with E-state index < -0.39 is 225 Å². The summed E-state index contributed by atoms with van der Waals surface area (Å²) in [6.45, 7) is 4.13. The third-order valence-electron chi connectivity index (χ3n) is 15.4. The van der Waals surface area contributed by atoms with Crippen molar-refractivity contribution < 1.29 is 112 Å². The Morgan fingerprint density at radius 2 is 1.02 bits per heavy atom. The predicted octanol–water partition coefficient (Wildman–Crippen LogP) is -8.40. The van der Waals surface area contributed by atoms with Crippen molar-refractivity contribution in [2.75, 3.05) is 39.3 Å². The first-order chi connectivity index (χ1) is 48.9. The molecule has 1 saturated heterocycles. The maximum Gasteiger partial charge on any atom is 0.326 e. The average molecular weight is 1470 g/mol. The Bertz CT molecular complexity index is 3400. The fraction of sp³-hybridized carbons (Fsp3) is 0.565. The maximum atomic E-state index is 14.2. The highest BCUT2D eigenvalue weighted by Gasteiger charge is 2.38. The molecule has 3 rings (SSSR count). The van der Waals surface area contributed by atoms with Crippen LogP contribution in [0.3, 0.4) is 0 Å². The number of carboxylic acid groups (broad SMARTS) is 4. The summed E-state index contributed by atoms with van der Waals surface area (Å²) in [7, 11) is 0. The Morgan fingerprint density at radius 1 is 0.558 bits per heavy atom. The van der Waals surface area contributed by atoms with Gasteiger partial charge in [-0.15, -0.1) is 0 Å². The van der Waals surface area contributed by atoms with Gasteiger partial charge in [-0.05, 0) is 81.4 Å². The van der Waals surface area contributed by atoms with E-state index in [1.165, 1.54) is 31.6 Å². The summed E-state index contributed by atoms with van der Waals surface area (Å²) in [6, 6.07) is -11.7. The molecule has 1 aromatic heterocycles. The van der Waals surface area contributed by atoms with Crippen LogP contribution < -0.4 is 81.0 Å². The number of carboxylic acids is 4. The molecule has 42 heteroatoms. The molecule has 0 saturated carbocycles. The van der Waals surface area contributed by atoms with Gasteiger partial charge in [-0.2, -0.15) is 0 Å². The van der Waals surface area contributed by atoms with Crippen molar-refractivity contribution in [2.45, 2.75) is 172 Å². The second-order valence-corrected chi connectivity index (χ2v) is 25.0. The van der Waals surface area contributed by atoms with Crippen LogP contribution in [-0.4, -0.2) is 258 Å². The number of aliphatic imine (C=N–C) groups is 1. The highest BCUT2D eigenvalue weighted by Crippen LogP contribution is 2.18. The summed E-state index contributed by atoms with van der Waals surface area (Å²) in [5, 5.41) is 85.6. The number of phenolic OH excluding ortho intramolecular Hbond substituents is 1. The zero-order valence-electron chi connectivity index (χ0n) is 57.7. The molecule has 574 valence electrons. The van der Waals surface area contributed by atoms with Crippen LogP contribution in [0, 0.1) is 11.8 Å². The smallest absolute Gasteiger partial charge is 0.326 e. The number of aromatic nitrogens is 2. The number of carbonyl (C=O) groups excluding carboxylic acids is 13. The van der Waals surface area contributed by atoms with Gasteiger partial charge in [0.15, 0.2) is 5.96 Å². The number of H-pyrrole nitrogens is 1. The molecule has 25 N–H and O–H groups in total. The summed E-state index contributed by atoms with van der Waals surface area (Å²) in [6.07, 6.45) is -0.956. The second-order valence-electron chi connectivity index (χ2n) is 25.0. The van der Waals surface area contributed by atoms with Gasteiger partial charge in [0.05, 0.1) is 57.9 Å². The van der Waals surface area contributed by atoms with Gasteiger partial charge in [-0.3, -0.25) is 81.7 Å². The molecule has 11 atom stereocenters. The molecule has 104 heavy (non-hydrogen) atoms. The van der Waals surface area contributed by atoms with Crippen LogP contribution in [0.1, 0.15) is 104 Å². The SMILES string of the molecule is CC(C)C[C@H](NC(=O)[C@H](CC(=O)O)NC(=O)CNC(=O)[C@H](CC(=O)O)NC(=O)[C@H](C)NC(=O)[C@H](CC(C)C)NC(=O)[C@@H](N)Cc1ccc(O)cc1)C(=O)N[C@@H](Cc1cnc[nH]1)C(=O)N[C@@H](CO)C(=O)N[C@@H](CC(=O)O)C(=O)NCC(=O)N1CCC[C@H]1C(=O)NCC(=O)N[C@@H](CCCN=C(N)N)C(=O)O. The Labute approximate surface area is 594 Å². The van der Waals surface area contributed by atoms with Crippen LogP contribution in [0.15, 0.2) is 41.8 Å². The molecule has 0 spiro atoms. The van der Waals surface area contributed by atoms with E-state index in [2.05, 4.69) is 78.8 Å². The molecular formula is C62H93N19O23. The zero-order valence-corrected chi connectivity index (χ0v) is 57.7. The van der Waals surface area contributed by atoms with Gasteiger partial charge in [-0.25, -0.2) is 9.78 Å². The highest BCUT2D eigenvalue weighted by molar-refractivity contribution is 6.00. The van der Waals surface area contributed by atoms with Gasteiger partial charge < -0.3 is 122 Å². The molecule has 1 aliphatic rings. The number of carbonyl (C=O) groups is 17. The van der Waals surface area contributed by atoms with Crippen LogP contribution in [0.4, 0.5) is 0 Å². The van der Waals surface area contributed by atoms with E-state index in [0.29, 0.717) is 5.56 Å². The van der Waals surface area contributed by atoms with Crippen LogP contribution in [0.25, 0.3) is 0 Å². The normalized spacial score (nSPS) is 15.3. The fourth-order valence-electron chi connectivity index (χ4n) is 10.2. The summed E-state index contributed by atoms with van der Waals surface area (Å²) in [4.78, 5) is 234. The third kappa shape index (κ3) is 31.5. The van der Waals surface area contributed by atoms with Gasteiger partial charge in [-0.1, -0.05) is 39.8 Å². The Hall–Kier alpha value is -11.6. The van der Waals surface area contributed by atoms with Crippen LogP contribution in [0.5, 0.6) is 5.75 Å². The first kappa shape index (κ1) is 86.6. The standard InChI is InChI=1S/C62H93N19O23/c1-29(2)16-37(76-52(94)35(63)18-32-10-12-34(83)13-11-32)55(97)72-31(5)51(93)75-40(20-48(87)88)53(95)68-24-46(85)74-42(22-50(91)92)58(100)77-38(17-30(3)4)56(98)78-39(19-33-23-66-28-71-33)57(99)80-43(27-82)59(101)79-41(21-49(89)90)54(96)70-26-47(86)81-15-7-9-44(81)60(102)69-25-45(84)73-36(61(103)104)8-6-14-67-62(64)65/h10-13,23,28-31,35-44,82-83H,6-9,14-22,24-27,63H2,1-5H3,(H,66,71)(H,68,95)(H,69,102)(H,70,96)(H,72,97)(H,73,84)(H,74,85)(H,75,93)(H,76,94)(H,77,100)(H,78,98)(H,79,101)(H,80,99)(H,87,88)(H,89,90)(H,91,92)(H,103,104)(H4,64,65,67)/t31-,35-,36-,37-,38-,39-,40-,41-,42-,43-,44-/m0/s1. The van der Waals surface area contributed by atoms with E-state index in [9.17, 15) is 112 Å². The molecule has 2 aromatic rings. The number of aliphatic hydroxyl groups excluding tert-OH is 1. The summed E-state index contributed by atoms with van der Waals surface area (Å²) in [5.74, 6) is -21.1. The largest absolute Gasteiger partial charge is 0.508 e. The minimum absolute atomic E-state index is 0.00629. The molecule has 13 amide bonds. The van der Waals surface area contributed by atoms with Crippen molar-refractivity contribution in [3.05, 3.63) is 48.0 Å². The molecule has 0 radical (unpaired) electrons. The van der Waals surface area contributed by atoms with Crippen molar-refractivity contribution in [1.29, 1.82) is 0 Å². The van der Waals surface area contributed by atoms with Crippen molar-refractivity contribution in [1.82, 2.24) is 78.7 Å². The quantitative estimate of drug-likeness (QED) is 0.0166. The first-order valence-corrected chi connectivity index (χ1v) is 32.8. The topological polar surface area (TPSA) is 678 Å². The number of aromatic hydroxyl groups is 1. The monoisotopic (exact) mass is 1470 g/mol. The lowest BCUT2D eigenvalue weighted by molar-refractivity contribution is -0.143. The van der Waals surface area contributed by atoms with Crippen molar-refractivity contribution in [2.24, 2.45) is 34.0 Å². The minimum Gasteiger partial charge on any atom is -0.508 e. The second kappa shape index (κ2) is 43.3. The first-order valence-electron chi connectivity index (χ1n) is 32.8. The number of imidazole rings is 1. The Morgan fingerprint density at radius 3 is 1.54 bits per heavy atom. The summed E-state index contributed by atoms with van der Waals surface area (Å²) >= 11 is 0. The molecular weight excluding hydrogens is 1380 g/mol. The van der Waals surface area contributed by atoms with Crippen molar-refractivity contribution in [3.63, 3.8) is 0 Å². The molecule has 0 unspecified atom stereocenters. The van der Waals surface area contributed by atoms with E-state index in [0.717, 1.165) is 4.90 Å². The van der Waals surface area contributed by atoms with Crippen molar-refractivity contribution in [3.8, 4) is 5.75 Å². The van der Waals surface area contributed by atoms with Crippen LogP contribution in [-0.2, 0) is 94.3 Å². The number of aliphatic hydroxyl groups is 1. The van der Waals surface area contributed by atoms with E-state index in [4.69, 9.17) is 17.2 Å². The van der Waals surface area contributed by atoms with Gasteiger partial charge in [0.2, 0.25) is 76.8 Å². The lowest BCUT2D eigenvalue weighted by Gasteiger charge is -2.27. The lowest BCUT2D eigenvalue weighted by Crippen LogP contribution is -2.61. The number of benzene rings is 1. The summed E-state index contributed by atoms with van der Waals surface area (Å²) < 4.78 is 0. The number of rotatable bonds is 45. The van der Waals surface area contributed by atoms with Gasteiger partial charge in [0.25, 0.3) is 0 Å². The molecule has 1 aromatic carbocycles. The zero-order chi connectivity index (χ0) is 78.1. The fourth-order valence-corrected chi connectivity index (χ4v) is 10.2. The Kier molecular flexibility index (Phi) is 36.0. The lowest BCUT2D eigenvalue weighted by atomic mass is 10.0. The number of nitrogens with two attached hydrogens (primary N) is 3. The average Bonchev–Trinajstić information content (AvgIpc) is 1.56. The van der Waals surface area contributed by atoms with Crippen LogP contribution in [0.2, 0.25) is 0 Å². The molecule has 1 aliphatic heterocycles. The molecule has 0 bridgehead atoms. The highest BCUT2D eigenvalue weighted by atomic mass is 16.4. The molecule has 0 aliphatic carbocycles. The minimum atomic E-state index is -2.01. The molecule has 2 heterocycles. The third-order valence-corrected chi connectivity index (χ3v) is 15.4. The molecule has 42 nitrogen and oxygen atoms in total. The number of nitrogens with zero attached hydrogens (tertiary/aromatic N) is 3. The number of hydrogen-bond acceptors (Lipinski definition) is 22. The van der Waals surface area contributed by atoms with Gasteiger partial charge in [0, 0.05) is 31.4 Å². The molecule has 1 fully saturated rings. The number of aromatic amines is 1. The van der Waals surface area contributed by atoms with Crippen molar-refractivity contribution >= 4 is 107 Å². The van der Waals surface area contributed by atoms with Gasteiger partial charge >= 0.3 is 23.9 Å². The summed E-state index contributed by atoms with van der Waals surface area (Å²) in [5.41, 5.74) is 17.4. The van der Waals surface area contributed by atoms with Crippen LogP contribution >= 0.6 is 0 Å². The maximum absolute atomic E-state index is 14.2. The van der Waals surface area contributed by atoms with E-state index in [-0.39, 0.29) is 81.4 Å². The number of nitrogens with one attached hydrogen (secondary N) is 13. The van der Waals surface area contributed by atoms with E-state index in [1.807, 2.05) is 0 Å². The number of aliphatic carboxylic acids is 4.